The fraction of sp³-hybridized carbons (Fsp3) is 0.250. The summed E-state index contributed by atoms with van der Waals surface area (Å²) in [6.07, 6.45) is 1.43. The van der Waals surface area contributed by atoms with Gasteiger partial charge in [-0.2, -0.15) is 0 Å². The van der Waals surface area contributed by atoms with Crippen molar-refractivity contribution in [1.29, 1.82) is 5.41 Å². The second-order valence-corrected chi connectivity index (χ2v) is 7.72. The largest absolute Gasteiger partial charge is 0.368 e. The van der Waals surface area contributed by atoms with Crippen molar-refractivity contribution in [3.8, 4) is 0 Å². The Kier molecular flexibility index (Phi) is 4.98. The number of hydrogen-bond donors (Lipinski definition) is 3. The standard InChI is InChI=1S/C20H20N6O2S/c1-2-23-18(28)14-10-13-17(24-20(22)25-19(13)29-14)16(21)11-5-7-12(8-6-11)26-9-3-4-15(26)27/h5-8,10,21H,2-4,9H2,1H3,(H,23,28)(H2,22,24,25). The minimum absolute atomic E-state index is 0.0563. The van der Waals surface area contributed by atoms with Crippen molar-refractivity contribution in [2.75, 3.05) is 23.7 Å². The average Bonchev–Trinajstić information content (AvgIpc) is 3.33. The quantitative estimate of drug-likeness (QED) is 0.560. The highest BCUT2D eigenvalue weighted by Crippen LogP contribution is 2.29. The lowest BCUT2D eigenvalue weighted by molar-refractivity contribution is -0.117. The van der Waals surface area contributed by atoms with Gasteiger partial charge in [-0.05, 0) is 31.5 Å². The van der Waals surface area contributed by atoms with Crippen molar-refractivity contribution in [1.82, 2.24) is 15.3 Å². The molecule has 4 N–H and O–H groups in total. The van der Waals surface area contributed by atoms with Crippen molar-refractivity contribution in [3.63, 3.8) is 0 Å². The molecule has 1 aliphatic rings. The molecule has 3 heterocycles. The van der Waals surface area contributed by atoms with Gasteiger partial charge in [0.1, 0.15) is 10.5 Å². The number of nitrogen functional groups attached to an aromatic ring is 1. The van der Waals surface area contributed by atoms with E-state index >= 15 is 0 Å². The zero-order chi connectivity index (χ0) is 20.5. The summed E-state index contributed by atoms with van der Waals surface area (Å²) in [5.74, 6) is -0.0127. The molecule has 0 radical (unpaired) electrons. The summed E-state index contributed by atoms with van der Waals surface area (Å²) in [5.41, 5.74) is 7.88. The molecule has 2 amide bonds. The Labute approximate surface area is 171 Å². The Balaban J connectivity index is 1.69. The molecule has 1 saturated heterocycles. The van der Waals surface area contributed by atoms with Crippen LogP contribution in [-0.2, 0) is 4.79 Å². The number of anilines is 2. The first-order valence-corrected chi connectivity index (χ1v) is 10.1. The molecule has 1 fully saturated rings. The van der Waals surface area contributed by atoms with E-state index in [-0.39, 0.29) is 23.5 Å². The number of fused-ring (bicyclic) bond motifs is 1. The molecule has 29 heavy (non-hydrogen) atoms. The van der Waals surface area contributed by atoms with E-state index in [1.807, 2.05) is 19.1 Å². The van der Waals surface area contributed by atoms with E-state index in [4.69, 9.17) is 11.1 Å². The topological polar surface area (TPSA) is 125 Å². The number of nitrogens with one attached hydrogen (secondary N) is 2. The predicted molar refractivity (Wildman–Crippen MR) is 114 cm³/mol. The summed E-state index contributed by atoms with van der Waals surface area (Å²) in [4.78, 5) is 35.4. The van der Waals surface area contributed by atoms with Crippen molar-refractivity contribution >= 4 is 50.7 Å². The maximum absolute atomic E-state index is 12.2. The normalized spacial score (nSPS) is 13.8. The maximum atomic E-state index is 12.2. The zero-order valence-electron chi connectivity index (χ0n) is 15.9. The summed E-state index contributed by atoms with van der Waals surface area (Å²) >= 11 is 1.22. The van der Waals surface area contributed by atoms with E-state index in [1.54, 1.807) is 23.1 Å². The molecule has 0 atom stereocenters. The van der Waals surface area contributed by atoms with Gasteiger partial charge in [0.15, 0.2) is 0 Å². The number of carbonyl (C=O) groups excluding carboxylic acids is 2. The van der Waals surface area contributed by atoms with Crippen LogP contribution in [0.4, 0.5) is 11.6 Å². The summed E-state index contributed by atoms with van der Waals surface area (Å²) in [7, 11) is 0. The Morgan fingerprint density at radius 3 is 2.72 bits per heavy atom. The maximum Gasteiger partial charge on any atom is 0.261 e. The van der Waals surface area contributed by atoms with E-state index in [2.05, 4.69) is 15.3 Å². The fourth-order valence-corrected chi connectivity index (χ4v) is 4.31. The molecule has 4 rings (SSSR count). The molecule has 0 aliphatic carbocycles. The van der Waals surface area contributed by atoms with E-state index in [0.717, 1.165) is 18.7 Å². The Morgan fingerprint density at radius 2 is 2.07 bits per heavy atom. The van der Waals surface area contributed by atoms with Crippen LogP contribution in [0.3, 0.4) is 0 Å². The third-order valence-corrected chi connectivity index (χ3v) is 5.78. The molecule has 0 bridgehead atoms. The first-order valence-electron chi connectivity index (χ1n) is 9.33. The summed E-state index contributed by atoms with van der Waals surface area (Å²) in [6.45, 7) is 3.09. The van der Waals surface area contributed by atoms with Crippen LogP contribution in [0.2, 0.25) is 0 Å². The van der Waals surface area contributed by atoms with Crippen LogP contribution in [0, 0.1) is 5.41 Å². The number of carbonyl (C=O) groups is 2. The molecule has 0 spiro atoms. The lowest BCUT2D eigenvalue weighted by atomic mass is 10.0. The number of hydrogen-bond acceptors (Lipinski definition) is 7. The predicted octanol–water partition coefficient (Wildman–Crippen LogP) is 2.57. The van der Waals surface area contributed by atoms with Gasteiger partial charge in [0.25, 0.3) is 5.91 Å². The number of thiophene rings is 1. The van der Waals surface area contributed by atoms with Crippen LogP contribution in [0.25, 0.3) is 10.2 Å². The summed E-state index contributed by atoms with van der Waals surface area (Å²) in [5, 5.41) is 12.0. The molecule has 2 aromatic heterocycles. The van der Waals surface area contributed by atoms with Gasteiger partial charge in [-0.3, -0.25) is 15.0 Å². The third kappa shape index (κ3) is 3.56. The van der Waals surface area contributed by atoms with Gasteiger partial charge >= 0.3 is 0 Å². The van der Waals surface area contributed by atoms with Gasteiger partial charge in [0.05, 0.1) is 10.6 Å². The molecule has 1 aromatic carbocycles. The summed E-state index contributed by atoms with van der Waals surface area (Å²) < 4.78 is 0. The zero-order valence-corrected chi connectivity index (χ0v) is 16.7. The average molecular weight is 408 g/mol. The number of rotatable bonds is 5. The molecule has 1 aliphatic heterocycles. The lowest BCUT2D eigenvalue weighted by Gasteiger charge is -2.16. The van der Waals surface area contributed by atoms with E-state index in [1.165, 1.54) is 11.3 Å². The van der Waals surface area contributed by atoms with Crippen LogP contribution in [0.1, 0.15) is 40.7 Å². The van der Waals surface area contributed by atoms with Gasteiger partial charge < -0.3 is 16.0 Å². The third-order valence-electron chi connectivity index (χ3n) is 4.75. The van der Waals surface area contributed by atoms with Crippen molar-refractivity contribution in [2.24, 2.45) is 0 Å². The minimum Gasteiger partial charge on any atom is -0.368 e. The van der Waals surface area contributed by atoms with Gasteiger partial charge in [-0.15, -0.1) is 11.3 Å². The monoisotopic (exact) mass is 408 g/mol. The molecular formula is C20H20N6O2S. The molecular weight excluding hydrogens is 388 g/mol. The number of benzene rings is 1. The van der Waals surface area contributed by atoms with Crippen LogP contribution < -0.4 is 16.0 Å². The van der Waals surface area contributed by atoms with Crippen molar-refractivity contribution in [3.05, 3.63) is 46.5 Å². The number of nitrogens with two attached hydrogens (primary N) is 1. The first-order chi connectivity index (χ1) is 14.0. The van der Waals surface area contributed by atoms with E-state index < -0.39 is 0 Å². The lowest BCUT2D eigenvalue weighted by Crippen LogP contribution is -2.23. The Hall–Kier alpha value is -3.33. The highest BCUT2D eigenvalue weighted by atomic mass is 32.1. The number of nitrogens with zero attached hydrogens (tertiary/aromatic N) is 3. The van der Waals surface area contributed by atoms with Crippen LogP contribution >= 0.6 is 11.3 Å². The summed E-state index contributed by atoms with van der Waals surface area (Å²) in [6, 6.07) is 8.96. The van der Waals surface area contributed by atoms with Crippen LogP contribution in [0.5, 0.6) is 0 Å². The van der Waals surface area contributed by atoms with E-state index in [0.29, 0.717) is 39.3 Å². The van der Waals surface area contributed by atoms with Crippen LogP contribution in [-0.4, -0.2) is 40.6 Å². The number of amides is 2. The second kappa shape index (κ2) is 7.59. The minimum atomic E-state index is -0.189. The molecule has 0 saturated carbocycles. The smallest absolute Gasteiger partial charge is 0.261 e. The second-order valence-electron chi connectivity index (χ2n) is 6.69. The molecule has 148 valence electrons. The molecule has 3 aromatic rings. The molecule has 8 nitrogen and oxygen atoms in total. The highest BCUT2D eigenvalue weighted by Gasteiger charge is 2.22. The SMILES string of the molecule is CCNC(=O)c1cc2c(C(=N)c3ccc(N4CCCC4=O)cc3)nc(N)nc2s1. The first kappa shape index (κ1) is 19.0. The van der Waals surface area contributed by atoms with E-state index in [9.17, 15) is 9.59 Å². The van der Waals surface area contributed by atoms with Gasteiger partial charge in [0, 0.05) is 36.1 Å². The number of aromatic nitrogens is 2. The Bertz CT molecular complexity index is 1120. The Morgan fingerprint density at radius 1 is 1.31 bits per heavy atom. The highest BCUT2D eigenvalue weighted by molar-refractivity contribution is 7.20. The van der Waals surface area contributed by atoms with Crippen LogP contribution in [0.15, 0.2) is 30.3 Å². The molecule has 9 heteroatoms. The fourth-order valence-electron chi connectivity index (χ4n) is 3.35. The van der Waals surface area contributed by atoms with Crippen molar-refractivity contribution in [2.45, 2.75) is 19.8 Å². The van der Waals surface area contributed by atoms with Crippen molar-refractivity contribution < 1.29 is 9.59 Å². The van der Waals surface area contributed by atoms with Gasteiger partial charge in [0.2, 0.25) is 11.9 Å². The van der Waals surface area contributed by atoms with Gasteiger partial charge in [-0.25, -0.2) is 9.97 Å². The van der Waals surface area contributed by atoms with Gasteiger partial charge in [-0.1, -0.05) is 12.1 Å². The molecule has 0 unspecified atom stereocenters.